The molecule has 4 nitrogen and oxygen atoms in total. The SMILES string of the molecule is Nc1cc(C(F)(F)F)cc2c1Nc1ccc(N3CCNCC3)cc1S2. The quantitative estimate of drug-likeness (QED) is 0.570. The highest BCUT2D eigenvalue weighted by atomic mass is 32.2. The van der Waals surface area contributed by atoms with Gasteiger partial charge in [0.2, 0.25) is 0 Å². The number of benzene rings is 2. The third-order valence-electron chi connectivity index (χ3n) is 4.39. The van der Waals surface area contributed by atoms with Crippen LogP contribution in [-0.2, 0) is 6.18 Å². The normalized spacial score (nSPS) is 16.8. The van der Waals surface area contributed by atoms with Crippen LogP contribution in [0.5, 0.6) is 0 Å². The lowest BCUT2D eigenvalue weighted by Gasteiger charge is -2.31. The third kappa shape index (κ3) is 3.11. The molecule has 0 bridgehead atoms. The maximum absolute atomic E-state index is 13.0. The van der Waals surface area contributed by atoms with E-state index in [0.717, 1.165) is 54.6 Å². The monoisotopic (exact) mass is 366 g/mol. The van der Waals surface area contributed by atoms with Crippen LogP contribution in [0.4, 0.5) is 35.9 Å². The van der Waals surface area contributed by atoms with E-state index in [-0.39, 0.29) is 5.69 Å². The molecule has 25 heavy (non-hydrogen) atoms. The van der Waals surface area contributed by atoms with Crippen LogP contribution in [0.3, 0.4) is 0 Å². The third-order valence-corrected chi connectivity index (χ3v) is 5.49. The molecule has 2 aliphatic rings. The van der Waals surface area contributed by atoms with Crippen molar-refractivity contribution >= 4 is 34.5 Å². The summed E-state index contributed by atoms with van der Waals surface area (Å²) >= 11 is 1.32. The number of nitrogen functional groups attached to an aromatic ring is 1. The van der Waals surface area contributed by atoms with Gasteiger partial charge in [0.1, 0.15) is 0 Å². The molecule has 8 heteroatoms. The molecule has 2 heterocycles. The Balaban J connectivity index is 1.68. The van der Waals surface area contributed by atoms with Crippen molar-refractivity contribution in [1.82, 2.24) is 5.32 Å². The summed E-state index contributed by atoms with van der Waals surface area (Å²) in [6, 6.07) is 8.15. The molecule has 132 valence electrons. The molecule has 4 N–H and O–H groups in total. The Hall–Kier alpha value is -2.06. The molecule has 0 aromatic heterocycles. The fourth-order valence-corrected chi connectivity index (χ4v) is 4.19. The van der Waals surface area contributed by atoms with Crippen LogP contribution in [0.1, 0.15) is 5.56 Å². The van der Waals surface area contributed by atoms with Crippen molar-refractivity contribution in [3.05, 3.63) is 35.9 Å². The Bertz CT molecular complexity index is 816. The van der Waals surface area contributed by atoms with Gasteiger partial charge in [-0.05, 0) is 30.3 Å². The number of nitrogens with two attached hydrogens (primary N) is 1. The number of anilines is 4. The standard InChI is InChI=1S/C17H17F3N4S/c18-17(19,20)10-7-12(21)16-15(8-10)25-14-9-11(1-2-13(14)23-16)24-5-3-22-4-6-24/h1-2,7-9,22-23H,3-6,21H2. The number of rotatable bonds is 1. The zero-order valence-electron chi connectivity index (χ0n) is 13.3. The summed E-state index contributed by atoms with van der Waals surface area (Å²) in [7, 11) is 0. The highest BCUT2D eigenvalue weighted by Crippen LogP contribution is 2.49. The summed E-state index contributed by atoms with van der Waals surface area (Å²) in [5.74, 6) is 0. The van der Waals surface area contributed by atoms with Gasteiger partial charge in [0.05, 0.1) is 22.6 Å². The highest BCUT2D eigenvalue weighted by Gasteiger charge is 2.33. The van der Waals surface area contributed by atoms with Gasteiger partial charge in [-0.15, -0.1) is 0 Å². The minimum absolute atomic E-state index is 0.106. The van der Waals surface area contributed by atoms with Crippen LogP contribution in [0.2, 0.25) is 0 Å². The molecule has 0 saturated carbocycles. The largest absolute Gasteiger partial charge is 0.416 e. The number of piperazine rings is 1. The molecule has 0 aliphatic carbocycles. The predicted molar refractivity (Wildman–Crippen MR) is 94.8 cm³/mol. The number of hydrogen-bond donors (Lipinski definition) is 3. The first kappa shape index (κ1) is 16.4. The van der Waals surface area contributed by atoms with Gasteiger partial charge in [0.25, 0.3) is 0 Å². The molecule has 2 aromatic rings. The van der Waals surface area contributed by atoms with E-state index in [1.54, 1.807) is 0 Å². The van der Waals surface area contributed by atoms with Crippen LogP contribution >= 0.6 is 11.8 Å². The topological polar surface area (TPSA) is 53.3 Å². The van der Waals surface area contributed by atoms with Gasteiger partial charge >= 0.3 is 6.18 Å². The van der Waals surface area contributed by atoms with Gasteiger partial charge in [0.15, 0.2) is 0 Å². The van der Waals surface area contributed by atoms with E-state index in [2.05, 4.69) is 15.5 Å². The average molecular weight is 366 g/mol. The van der Waals surface area contributed by atoms with E-state index in [9.17, 15) is 13.2 Å². The van der Waals surface area contributed by atoms with Gasteiger partial charge in [-0.3, -0.25) is 0 Å². The van der Waals surface area contributed by atoms with Crippen LogP contribution < -0.4 is 21.3 Å². The fraction of sp³-hybridized carbons (Fsp3) is 0.294. The lowest BCUT2D eigenvalue weighted by atomic mass is 10.1. The van der Waals surface area contributed by atoms with Crippen molar-refractivity contribution in [3.8, 4) is 0 Å². The fourth-order valence-electron chi connectivity index (χ4n) is 3.09. The number of nitrogens with one attached hydrogen (secondary N) is 2. The van der Waals surface area contributed by atoms with E-state index >= 15 is 0 Å². The van der Waals surface area contributed by atoms with Crippen LogP contribution in [0.15, 0.2) is 40.1 Å². The number of alkyl halides is 3. The van der Waals surface area contributed by atoms with Gasteiger partial charge in [-0.2, -0.15) is 13.2 Å². The van der Waals surface area contributed by atoms with E-state index < -0.39 is 11.7 Å². The first-order chi connectivity index (χ1) is 11.9. The number of halogens is 3. The van der Waals surface area contributed by atoms with Crippen LogP contribution in [0, 0.1) is 0 Å². The van der Waals surface area contributed by atoms with E-state index in [1.165, 1.54) is 11.8 Å². The molecular weight excluding hydrogens is 349 g/mol. The number of hydrogen-bond acceptors (Lipinski definition) is 5. The van der Waals surface area contributed by atoms with Crippen LogP contribution in [0.25, 0.3) is 0 Å². The summed E-state index contributed by atoms with van der Waals surface area (Å²) in [6.45, 7) is 3.69. The van der Waals surface area contributed by atoms with Gasteiger partial charge in [-0.25, -0.2) is 0 Å². The summed E-state index contributed by atoms with van der Waals surface area (Å²) < 4.78 is 39.1. The Morgan fingerprint density at radius 2 is 1.80 bits per heavy atom. The first-order valence-corrected chi connectivity index (χ1v) is 8.79. The Morgan fingerprint density at radius 3 is 2.52 bits per heavy atom. The second-order valence-corrected chi connectivity index (χ2v) is 7.16. The predicted octanol–water partition coefficient (Wildman–Crippen LogP) is 3.91. The Kier molecular flexibility index (Phi) is 3.96. The maximum atomic E-state index is 13.0. The molecule has 1 saturated heterocycles. The minimum Gasteiger partial charge on any atom is -0.397 e. The molecular formula is C17H17F3N4S. The molecule has 0 radical (unpaired) electrons. The van der Waals surface area contributed by atoms with Crippen LogP contribution in [-0.4, -0.2) is 26.2 Å². The molecule has 0 spiro atoms. The molecule has 2 aliphatic heterocycles. The average Bonchev–Trinajstić information content (AvgIpc) is 2.60. The summed E-state index contributed by atoms with van der Waals surface area (Å²) in [6.07, 6.45) is -4.41. The zero-order valence-corrected chi connectivity index (χ0v) is 14.1. The lowest BCUT2D eigenvalue weighted by Crippen LogP contribution is -2.43. The van der Waals surface area contributed by atoms with Crippen molar-refractivity contribution in [1.29, 1.82) is 0 Å². The summed E-state index contributed by atoms with van der Waals surface area (Å²) in [5, 5.41) is 6.48. The number of nitrogens with zero attached hydrogens (tertiary/aromatic N) is 1. The smallest absolute Gasteiger partial charge is 0.397 e. The van der Waals surface area contributed by atoms with Crippen molar-refractivity contribution in [2.24, 2.45) is 0 Å². The molecule has 1 fully saturated rings. The number of fused-ring (bicyclic) bond motifs is 2. The highest BCUT2D eigenvalue weighted by molar-refractivity contribution is 7.99. The Labute approximate surface area is 147 Å². The van der Waals surface area contributed by atoms with E-state index in [4.69, 9.17) is 5.73 Å². The van der Waals surface area contributed by atoms with Gasteiger partial charge in [0, 0.05) is 41.7 Å². The second-order valence-electron chi connectivity index (χ2n) is 6.08. The minimum atomic E-state index is -4.41. The first-order valence-electron chi connectivity index (χ1n) is 7.97. The molecule has 2 aromatic carbocycles. The summed E-state index contributed by atoms with van der Waals surface area (Å²) in [4.78, 5) is 3.67. The summed E-state index contributed by atoms with van der Waals surface area (Å²) in [5.41, 5.74) is 7.72. The van der Waals surface area contributed by atoms with Crippen molar-refractivity contribution < 1.29 is 13.2 Å². The zero-order chi connectivity index (χ0) is 17.6. The van der Waals surface area contributed by atoms with Crippen molar-refractivity contribution in [2.75, 3.05) is 42.1 Å². The molecule has 0 amide bonds. The lowest BCUT2D eigenvalue weighted by molar-refractivity contribution is -0.137. The molecule has 0 atom stereocenters. The van der Waals surface area contributed by atoms with Gasteiger partial charge in [-0.1, -0.05) is 11.8 Å². The maximum Gasteiger partial charge on any atom is 0.416 e. The van der Waals surface area contributed by atoms with Gasteiger partial charge < -0.3 is 21.3 Å². The molecule has 0 unspecified atom stereocenters. The van der Waals surface area contributed by atoms with E-state index in [1.807, 2.05) is 18.2 Å². The Morgan fingerprint density at radius 1 is 1.04 bits per heavy atom. The van der Waals surface area contributed by atoms with Crippen molar-refractivity contribution in [2.45, 2.75) is 16.0 Å². The second kappa shape index (κ2) is 6.03. The molecule has 4 rings (SSSR count). The van der Waals surface area contributed by atoms with E-state index in [0.29, 0.717) is 10.6 Å². The van der Waals surface area contributed by atoms with Crippen molar-refractivity contribution in [3.63, 3.8) is 0 Å².